The minimum absolute atomic E-state index is 0. The molecule has 148 valence electrons. The first-order valence-corrected chi connectivity index (χ1v) is 9.74. The Kier molecular flexibility index (Phi) is 8.62. The van der Waals surface area contributed by atoms with Crippen molar-refractivity contribution < 1.29 is 22.3 Å². The van der Waals surface area contributed by atoms with Gasteiger partial charge in [0.05, 0.1) is 0 Å². The molecular formula is C23H31ClNO2-. The van der Waals surface area contributed by atoms with Gasteiger partial charge in [-0.2, -0.15) is 0 Å². The molecule has 2 aromatic rings. The Morgan fingerprint density at radius 2 is 1.78 bits per heavy atom. The van der Waals surface area contributed by atoms with E-state index in [0.717, 1.165) is 30.3 Å². The van der Waals surface area contributed by atoms with Crippen molar-refractivity contribution in [3.63, 3.8) is 0 Å². The van der Waals surface area contributed by atoms with Crippen LogP contribution in [0.1, 0.15) is 29.5 Å². The molecule has 1 aliphatic rings. The third kappa shape index (κ3) is 6.84. The van der Waals surface area contributed by atoms with Gasteiger partial charge >= 0.3 is 0 Å². The standard InChI is InChI=1S/C23H31NO2.ClH/c1-18-8-9-19(2)23(14-18)26-17-22(25)16-24-12-10-21(11-13-24)15-20-6-4-3-5-7-20;/h3-9,14,21-22,25H,10-13,15-17H2,1-2H3;1H/p-1. The van der Waals surface area contributed by atoms with Crippen molar-refractivity contribution in [1.82, 2.24) is 4.90 Å². The van der Waals surface area contributed by atoms with E-state index in [-0.39, 0.29) is 12.4 Å². The van der Waals surface area contributed by atoms with E-state index in [1.54, 1.807) is 0 Å². The number of piperidine rings is 1. The van der Waals surface area contributed by atoms with Gasteiger partial charge in [-0.05, 0) is 74.9 Å². The molecule has 1 N–H and O–H groups in total. The number of aryl methyl sites for hydroxylation is 2. The van der Waals surface area contributed by atoms with E-state index >= 15 is 0 Å². The highest BCUT2D eigenvalue weighted by atomic mass is 35.5. The topological polar surface area (TPSA) is 32.7 Å². The van der Waals surface area contributed by atoms with Gasteiger partial charge in [0.2, 0.25) is 0 Å². The predicted molar refractivity (Wildman–Crippen MR) is 107 cm³/mol. The number of likely N-dealkylation sites (tertiary alicyclic amines) is 1. The van der Waals surface area contributed by atoms with Crippen LogP contribution >= 0.6 is 0 Å². The summed E-state index contributed by atoms with van der Waals surface area (Å²) in [6, 6.07) is 17.0. The third-order valence-corrected chi connectivity index (χ3v) is 5.32. The lowest BCUT2D eigenvalue weighted by Gasteiger charge is -2.33. The fourth-order valence-corrected chi connectivity index (χ4v) is 3.72. The van der Waals surface area contributed by atoms with Crippen LogP contribution < -0.4 is 17.1 Å². The molecule has 2 aromatic carbocycles. The molecule has 1 aliphatic heterocycles. The van der Waals surface area contributed by atoms with Crippen molar-refractivity contribution in [3.8, 4) is 5.75 Å². The van der Waals surface area contributed by atoms with Crippen molar-refractivity contribution in [2.45, 2.75) is 39.2 Å². The van der Waals surface area contributed by atoms with Crippen molar-refractivity contribution in [2.75, 3.05) is 26.2 Å². The molecule has 27 heavy (non-hydrogen) atoms. The van der Waals surface area contributed by atoms with Crippen molar-refractivity contribution in [3.05, 3.63) is 65.2 Å². The largest absolute Gasteiger partial charge is 1.00 e. The molecule has 0 bridgehead atoms. The van der Waals surface area contributed by atoms with E-state index in [1.165, 1.54) is 30.4 Å². The Hall–Kier alpha value is -1.55. The second kappa shape index (κ2) is 10.7. The van der Waals surface area contributed by atoms with Gasteiger partial charge in [0.25, 0.3) is 0 Å². The Morgan fingerprint density at radius 3 is 2.48 bits per heavy atom. The SMILES string of the molecule is Cc1ccc(C)c(OCC(O)CN2CCC(Cc3ccccc3)CC2)c1.[Cl-]. The maximum atomic E-state index is 10.4. The van der Waals surface area contributed by atoms with E-state index in [4.69, 9.17) is 4.74 Å². The highest BCUT2D eigenvalue weighted by molar-refractivity contribution is 5.35. The monoisotopic (exact) mass is 388 g/mol. The number of rotatable bonds is 7. The van der Waals surface area contributed by atoms with E-state index in [9.17, 15) is 5.11 Å². The molecule has 1 saturated heterocycles. The average molecular weight is 389 g/mol. The zero-order chi connectivity index (χ0) is 18.4. The molecule has 1 unspecified atom stereocenters. The lowest BCUT2D eigenvalue weighted by molar-refractivity contribution is -0.00000773. The van der Waals surface area contributed by atoms with Crippen LogP contribution in [0.2, 0.25) is 0 Å². The Labute approximate surface area is 169 Å². The molecule has 0 radical (unpaired) electrons. The molecule has 0 aromatic heterocycles. The molecule has 3 rings (SSSR count). The molecule has 1 atom stereocenters. The van der Waals surface area contributed by atoms with Gasteiger partial charge in [-0.1, -0.05) is 42.5 Å². The van der Waals surface area contributed by atoms with Crippen LogP contribution in [0.15, 0.2) is 48.5 Å². The summed E-state index contributed by atoms with van der Waals surface area (Å²) in [4.78, 5) is 2.37. The highest BCUT2D eigenvalue weighted by Crippen LogP contribution is 2.22. The molecule has 3 nitrogen and oxygen atoms in total. The van der Waals surface area contributed by atoms with E-state index in [2.05, 4.69) is 54.3 Å². The van der Waals surface area contributed by atoms with Crippen LogP contribution in [0.4, 0.5) is 0 Å². The maximum absolute atomic E-state index is 10.4. The van der Waals surface area contributed by atoms with E-state index in [1.807, 2.05) is 13.0 Å². The smallest absolute Gasteiger partial charge is 0.122 e. The summed E-state index contributed by atoms with van der Waals surface area (Å²) in [7, 11) is 0. The molecule has 0 amide bonds. The summed E-state index contributed by atoms with van der Waals surface area (Å²) in [5.74, 6) is 1.64. The number of β-amino-alcohol motifs (C(OH)–C–C–N with tert-alkyl or cyclic N) is 1. The lowest BCUT2D eigenvalue weighted by atomic mass is 9.90. The molecular weight excluding hydrogens is 358 g/mol. The van der Waals surface area contributed by atoms with Crippen LogP contribution in [-0.4, -0.2) is 42.4 Å². The quantitative estimate of drug-likeness (QED) is 0.768. The number of hydrogen-bond donors (Lipinski definition) is 1. The van der Waals surface area contributed by atoms with Gasteiger partial charge < -0.3 is 27.2 Å². The second-order valence-electron chi connectivity index (χ2n) is 7.67. The van der Waals surface area contributed by atoms with Gasteiger partial charge in [-0.25, -0.2) is 0 Å². The van der Waals surface area contributed by atoms with Gasteiger partial charge in [-0.15, -0.1) is 0 Å². The van der Waals surface area contributed by atoms with E-state index < -0.39 is 6.10 Å². The summed E-state index contributed by atoms with van der Waals surface area (Å²) in [5.41, 5.74) is 3.73. The number of hydrogen-bond acceptors (Lipinski definition) is 3. The van der Waals surface area contributed by atoms with Gasteiger partial charge in [-0.3, -0.25) is 0 Å². The van der Waals surface area contributed by atoms with Crippen molar-refractivity contribution >= 4 is 0 Å². The molecule has 0 spiro atoms. The minimum Gasteiger partial charge on any atom is -1.00 e. The predicted octanol–water partition coefficient (Wildman–Crippen LogP) is 1.00. The normalized spacial score (nSPS) is 16.6. The van der Waals surface area contributed by atoms with Crippen LogP contribution in [0.3, 0.4) is 0 Å². The van der Waals surface area contributed by atoms with Crippen LogP contribution in [0.5, 0.6) is 5.75 Å². The Bertz CT molecular complexity index is 684. The zero-order valence-electron chi connectivity index (χ0n) is 16.4. The highest BCUT2D eigenvalue weighted by Gasteiger charge is 2.21. The average Bonchev–Trinajstić information content (AvgIpc) is 2.65. The first-order valence-electron chi connectivity index (χ1n) is 9.74. The first-order chi connectivity index (χ1) is 12.6. The fourth-order valence-electron chi connectivity index (χ4n) is 3.72. The summed E-state index contributed by atoms with van der Waals surface area (Å²) >= 11 is 0. The third-order valence-electron chi connectivity index (χ3n) is 5.32. The second-order valence-corrected chi connectivity index (χ2v) is 7.67. The molecule has 1 fully saturated rings. The minimum atomic E-state index is -0.444. The molecule has 0 aliphatic carbocycles. The van der Waals surface area contributed by atoms with Crippen LogP contribution in [0, 0.1) is 19.8 Å². The molecule has 0 saturated carbocycles. The Morgan fingerprint density at radius 1 is 1.07 bits per heavy atom. The number of halogens is 1. The number of benzene rings is 2. The molecule has 4 heteroatoms. The van der Waals surface area contributed by atoms with Crippen molar-refractivity contribution in [1.29, 1.82) is 0 Å². The van der Waals surface area contributed by atoms with Gasteiger partial charge in [0.15, 0.2) is 0 Å². The van der Waals surface area contributed by atoms with E-state index in [0.29, 0.717) is 13.2 Å². The summed E-state index contributed by atoms with van der Waals surface area (Å²) in [5, 5.41) is 10.4. The van der Waals surface area contributed by atoms with Crippen LogP contribution in [-0.2, 0) is 6.42 Å². The van der Waals surface area contributed by atoms with Crippen molar-refractivity contribution in [2.24, 2.45) is 5.92 Å². The maximum Gasteiger partial charge on any atom is 0.122 e. The van der Waals surface area contributed by atoms with Gasteiger partial charge in [0.1, 0.15) is 18.5 Å². The van der Waals surface area contributed by atoms with Gasteiger partial charge in [0, 0.05) is 6.54 Å². The summed E-state index contributed by atoms with van der Waals surface area (Å²) < 4.78 is 5.84. The summed E-state index contributed by atoms with van der Waals surface area (Å²) in [6.07, 6.45) is 3.15. The molecule has 1 heterocycles. The number of aliphatic hydroxyl groups excluding tert-OH is 1. The Balaban J connectivity index is 0.00000261. The number of aliphatic hydroxyl groups is 1. The number of nitrogens with zero attached hydrogens (tertiary/aromatic N) is 1. The van der Waals surface area contributed by atoms with Crippen LogP contribution in [0.25, 0.3) is 0 Å². The summed E-state index contributed by atoms with van der Waals surface area (Å²) in [6.45, 7) is 7.29. The lowest BCUT2D eigenvalue weighted by Crippen LogP contribution is -3.00. The zero-order valence-corrected chi connectivity index (χ0v) is 17.2. The first kappa shape index (κ1) is 21.7. The fraction of sp³-hybridized carbons (Fsp3) is 0.478. The number of ether oxygens (including phenoxy) is 1.